The number of alkyl halides is 1. The average molecular weight is 254 g/mol. The van der Waals surface area contributed by atoms with Gasteiger partial charge in [0.2, 0.25) is 0 Å². The number of nitrogens with zero attached hydrogens (tertiary/aromatic N) is 1. The molecule has 3 heteroatoms. The third-order valence-electron chi connectivity index (χ3n) is 2.22. The third kappa shape index (κ3) is 2.35. The number of oxime groups is 1. The highest BCUT2D eigenvalue weighted by Crippen LogP contribution is 2.15. The Morgan fingerprint density at radius 3 is 2.79 bits per heavy atom. The zero-order valence-electron chi connectivity index (χ0n) is 7.82. The van der Waals surface area contributed by atoms with Crippen LogP contribution in [0.25, 0.3) is 0 Å². The van der Waals surface area contributed by atoms with E-state index in [-0.39, 0.29) is 6.10 Å². The summed E-state index contributed by atoms with van der Waals surface area (Å²) in [6, 6.07) is 10.4. The summed E-state index contributed by atoms with van der Waals surface area (Å²) in [6.45, 7) is 0. The first kappa shape index (κ1) is 9.71. The lowest BCUT2D eigenvalue weighted by molar-refractivity contribution is 0.104. The highest BCUT2D eigenvalue weighted by atomic mass is 79.9. The van der Waals surface area contributed by atoms with Crippen molar-refractivity contribution < 1.29 is 4.84 Å². The van der Waals surface area contributed by atoms with E-state index in [0.717, 1.165) is 23.9 Å². The van der Waals surface area contributed by atoms with Gasteiger partial charge in [-0.2, -0.15) is 0 Å². The molecule has 14 heavy (non-hydrogen) atoms. The van der Waals surface area contributed by atoms with Crippen LogP contribution in [0.15, 0.2) is 35.5 Å². The fourth-order valence-electron chi connectivity index (χ4n) is 1.51. The van der Waals surface area contributed by atoms with Gasteiger partial charge in [0, 0.05) is 18.2 Å². The summed E-state index contributed by atoms with van der Waals surface area (Å²) in [4.78, 5) is 5.23. The van der Waals surface area contributed by atoms with Crippen molar-refractivity contribution >= 4 is 21.6 Å². The molecule has 0 bridgehead atoms. The van der Waals surface area contributed by atoms with Crippen molar-refractivity contribution in [2.75, 3.05) is 5.33 Å². The van der Waals surface area contributed by atoms with Crippen molar-refractivity contribution in [1.82, 2.24) is 0 Å². The molecule has 0 N–H and O–H groups in total. The van der Waals surface area contributed by atoms with Crippen LogP contribution in [0.5, 0.6) is 0 Å². The number of halogens is 1. The first-order chi connectivity index (χ1) is 6.88. The van der Waals surface area contributed by atoms with Gasteiger partial charge >= 0.3 is 0 Å². The molecule has 0 aromatic heterocycles. The van der Waals surface area contributed by atoms with Gasteiger partial charge in [0.1, 0.15) is 6.10 Å². The Balaban J connectivity index is 1.94. The highest BCUT2D eigenvalue weighted by Gasteiger charge is 2.19. The number of benzene rings is 1. The molecular weight excluding hydrogens is 242 g/mol. The van der Waals surface area contributed by atoms with Crippen LogP contribution in [-0.2, 0) is 11.3 Å². The number of hydrogen-bond acceptors (Lipinski definition) is 2. The third-order valence-corrected chi connectivity index (χ3v) is 2.94. The summed E-state index contributed by atoms with van der Waals surface area (Å²) >= 11 is 3.39. The van der Waals surface area contributed by atoms with Gasteiger partial charge in [0.25, 0.3) is 0 Å². The molecule has 0 radical (unpaired) electrons. The highest BCUT2D eigenvalue weighted by molar-refractivity contribution is 9.09. The van der Waals surface area contributed by atoms with Crippen LogP contribution in [0.1, 0.15) is 12.0 Å². The molecule has 0 amide bonds. The second kappa shape index (κ2) is 4.60. The molecule has 1 aromatic carbocycles. The normalized spacial score (nSPS) is 20.4. The minimum absolute atomic E-state index is 0.230. The SMILES string of the molecule is BrC[C@H]1CC(Cc2ccccc2)=NO1. The average Bonchev–Trinajstić information content (AvgIpc) is 2.67. The van der Waals surface area contributed by atoms with Gasteiger partial charge in [-0.1, -0.05) is 51.4 Å². The Bertz CT molecular complexity index is 323. The molecule has 2 rings (SSSR count). The van der Waals surface area contributed by atoms with E-state index in [4.69, 9.17) is 4.84 Å². The maximum Gasteiger partial charge on any atom is 0.142 e. The van der Waals surface area contributed by atoms with Gasteiger partial charge in [-0.05, 0) is 5.56 Å². The van der Waals surface area contributed by atoms with Crippen LogP contribution in [-0.4, -0.2) is 17.1 Å². The summed E-state index contributed by atoms with van der Waals surface area (Å²) in [5, 5.41) is 4.93. The van der Waals surface area contributed by atoms with E-state index in [9.17, 15) is 0 Å². The van der Waals surface area contributed by atoms with Crippen LogP contribution in [0.3, 0.4) is 0 Å². The Labute approximate surface area is 92.1 Å². The van der Waals surface area contributed by atoms with Gasteiger partial charge in [-0.25, -0.2) is 0 Å². The van der Waals surface area contributed by atoms with Gasteiger partial charge in [-0.3, -0.25) is 0 Å². The molecule has 0 saturated heterocycles. The van der Waals surface area contributed by atoms with Gasteiger partial charge in [0.05, 0.1) is 5.71 Å². The molecule has 74 valence electrons. The first-order valence-electron chi connectivity index (χ1n) is 4.70. The lowest BCUT2D eigenvalue weighted by atomic mass is 10.1. The van der Waals surface area contributed by atoms with Crippen molar-refractivity contribution in [3.05, 3.63) is 35.9 Å². The van der Waals surface area contributed by atoms with Gasteiger partial charge < -0.3 is 4.84 Å². The van der Waals surface area contributed by atoms with Crippen LogP contribution < -0.4 is 0 Å². The lowest BCUT2D eigenvalue weighted by Gasteiger charge is -2.01. The Kier molecular flexibility index (Phi) is 3.19. The van der Waals surface area contributed by atoms with E-state index in [1.165, 1.54) is 5.56 Å². The van der Waals surface area contributed by atoms with Crippen molar-refractivity contribution in [2.45, 2.75) is 18.9 Å². The summed E-state index contributed by atoms with van der Waals surface area (Å²) in [5.41, 5.74) is 2.44. The van der Waals surface area contributed by atoms with Crippen molar-refractivity contribution in [1.29, 1.82) is 0 Å². The number of hydrogen-bond donors (Lipinski definition) is 0. The predicted molar refractivity (Wildman–Crippen MR) is 60.9 cm³/mol. The second-order valence-corrected chi connectivity index (χ2v) is 4.05. The van der Waals surface area contributed by atoms with E-state index in [1.807, 2.05) is 18.2 Å². The molecule has 1 atom stereocenters. The van der Waals surface area contributed by atoms with Crippen molar-refractivity contribution in [3.8, 4) is 0 Å². The Morgan fingerprint density at radius 2 is 2.14 bits per heavy atom. The molecule has 2 nitrogen and oxygen atoms in total. The Hall–Kier alpha value is -0.830. The first-order valence-corrected chi connectivity index (χ1v) is 5.82. The van der Waals surface area contributed by atoms with Crippen LogP contribution in [0.4, 0.5) is 0 Å². The Morgan fingerprint density at radius 1 is 1.36 bits per heavy atom. The van der Waals surface area contributed by atoms with E-state index in [2.05, 4.69) is 33.2 Å². The summed E-state index contributed by atoms with van der Waals surface area (Å²) in [5.74, 6) is 0. The quantitative estimate of drug-likeness (QED) is 0.760. The lowest BCUT2D eigenvalue weighted by Crippen LogP contribution is -2.10. The summed E-state index contributed by atoms with van der Waals surface area (Å²) in [7, 11) is 0. The molecule has 0 saturated carbocycles. The minimum Gasteiger partial charge on any atom is -0.391 e. The van der Waals surface area contributed by atoms with E-state index in [1.54, 1.807) is 0 Å². The van der Waals surface area contributed by atoms with Gasteiger partial charge in [-0.15, -0.1) is 0 Å². The maximum atomic E-state index is 5.23. The monoisotopic (exact) mass is 253 g/mol. The van der Waals surface area contributed by atoms with Crippen LogP contribution in [0, 0.1) is 0 Å². The molecule has 1 aromatic rings. The fourth-order valence-corrected chi connectivity index (χ4v) is 1.85. The maximum absolute atomic E-state index is 5.23. The molecule has 0 unspecified atom stereocenters. The molecule has 0 fully saturated rings. The summed E-state index contributed by atoms with van der Waals surface area (Å²) < 4.78 is 0. The van der Waals surface area contributed by atoms with Crippen molar-refractivity contribution in [2.24, 2.45) is 5.16 Å². The molecule has 0 spiro atoms. The molecule has 1 heterocycles. The fraction of sp³-hybridized carbons (Fsp3) is 0.364. The van der Waals surface area contributed by atoms with E-state index in [0.29, 0.717) is 0 Å². The van der Waals surface area contributed by atoms with Crippen LogP contribution in [0.2, 0.25) is 0 Å². The number of rotatable bonds is 3. The predicted octanol–water partition coefficient (Wildman–Crippen LogP) is 2.77. The molecular formula is C11H12BrNO. The van der Waals surface area contributed by atoms with Crippen molar-refractivity contribution in [3.63, 3.8) is 0 Å². The standard InChI is InChI=1S/C11H12BrNO/c12-8-11-7-10(13-14-11)6-9-4-2-1-3-5-9/h1-5,11H,6-8H2/t11-/m1/s1. The summed E-state index contributed by atoms with van der Waals surface area (Å²) in [6.07, 6.45) is 2.08. The zero-order chi connectivity index (χ0) is 9.80. The van der Waals surface area contributed by atoms with E-state index < -0.39 is 0 Å². The molecule has 0 aliphatic carbocycles. The van der Waals surface area contributed by atoms with Crippen LogP contribution >= 0.6 is 15.9 Å². The largest absolute Gasteiger partial charge is 0.391 e. The topological polar surface area (TPSA) is 21.6 Å². The molecule has 1 aliphatic heterocycles. The smallest absolute Gasteiger partial charge is 0.142 e. The zero-order valence-corrected chi connectivity index (χ0v) is 9.40. The van der Waals surface area contributed by atoms with E-state index >= 15 is 0 Å². The van der Waals surface area contributed by atoms with Gasteiger partial charge in [0.15, 0.2) is 0 Å². The molecule has 1 aliphatic rings. The minimum atomic E-state index is 0.230. The second-order valence-electron chi connectivity index (χ2n) is 3.41.